The molecule has 2 amide bonds. The van der Waals surface area contributed by atoms with Crippen molar-refractivity contribution in [2.75, 3.05) is 19.7 Å². The molecule has 1 saturated heterocycles. The van der Waals surface area contributed by atoms with Gasteiger partial charge in [-0.1, -0.05) is 74.0 Å². The summed E-state index contributed by atoms with van der Waals surface area (Å²) in [6, 6.07) is 23.9. The van der Waals surface area contributed by atoms with Crippen molar-refractivity contribution in [3.63, 3.8) is 0 Å². The van der Waals surface area contributed by atoms with Gasteiger partial charge in [-0.05, 0) is 90.7 Å². The number of hydrogen-bond acceptors (Lipinski definition) is 5. The minimum Gasteiger partial charge on any atom is -0.396 e. The zero-order valence-corrected chi connectivity index (χ0v) is 27.9. The summed E-state index contributed by atoms with van der Waals surface area (Å²) >= 11 is 0. The molecule has 48 heavy (non-hydrogen) atoms. The number of nitrogens with zero attached hydrogens (tertiary/aromatic N) is 3. The van der Waals surface area contributed by atoms with Gasteiger partial charge < -0.3 is 15.3 Å². The predicted octanol–water partition coefficient (Wildman–Crippen LogP) is 7.16. The third-order valence-electron chi connectivity index (χ3n) is 10.8. The van der Waals surface area contributed by atoms with Crippen LogP contribution in [0, 0.1) is 11.8 Å². The molecule has 3 aromatic carbocycles. The second kappa shape index (κ2) is 14.4. The second-order valence-corrected chi connectivity index (χ2v) is 14.2. The fraction of sp³-hybridized carbons (Fsp3) is 0.415. The maximum absolute atomic E-state index is 13.5. The van der Waals surface area contributed by atoms with Gasteiger partial charge in [0.2, 0.25) is 5.91 Å². The van der Waals surface area contributed by atoms with Gasteiger partial charge >= 0.3 is 0 Å². The number of aliphatic hydroxyl groups is 1. The monoisotopic (exact) mass is 642 g/mol. The van der Waals surface area contributed by atoms with Crippen molar-refractivity contribution in [2.45, 2.75) is 76.2 Å². The molecule has 0 unspecified atom stereocenters. The minimum absolute atomic E-state index is 0.0604. The average Bonchev–Trinajstić information content (AvgIpc) is 3.97. The quantitative estimate of drug-likeness (QED) is 0.181. The van der Waals surface area contributed by atoms with Crippen molar-refractivity contribution in [3.8, 4) is 22.5 Å². The number of rotatable bonds is 11. The van der Waals surface area contributed by atoms with Crippen LogP contribution < -0.4 is 5.32 Å². The van der Waals surface area contributed by atoms with E-state index in [1.54, 1.807) is 4.90 Å². The Labute approximate surface area is 283 Å². The molecule has 2 heterocycles. The second-order valence-electron chi connectivity index (χ2n) is 14.2. The molecule has 0 spiro atoms. The number of hydrogen-bond donors (Lipinski definition) is 2. The summed E-state index contributed by atoms with van der Waals surface area (Å²) in [6.45, 7) is 3.39. The number of likely N-dealkylation sites (tertiary alicyclic amines) is 1. The fourth-order valence-electron chi connectivity index (χ4n) is 7.35. The highest BCUT2D eigenvalue weighted by Crippen LogP contribution is 2.40. The highest BCUT2D eigenvalue weighted by atomic mass is 16.3. The van der Waals surface area contributed by atoms with Crippen molar-refractivity contribution >= 4 is 11.8 Å². The van der Waals surface area contributed by atoms with Gasteiger partial charge in [0.15, 0.2) is 5.82 Å². The van der Waals surface area contributed by atoms with Crippen molar-refractivity contribution in [1.29, 1.82) is 0 Å². The van der Waals surface area contributed by atoms with E-state index >= 15 is 0 Å². The van der Waals surface area contributed by atoms with Crippen LogP contribution in [0.3, 0.4) is 0 Å². The van der Waals surface area contributed by atoms with Gasteiger partial charge in [-0.3, -0.25) is 9.59 Å². The van der Waals surface area contributed by atoms with Gasteiger partial charge in [-0.2, -0.15) is 0 Å². The maximum atomic E-state index is 13.5. The number of aliphatic hydroxyl groups excluding tert-OH is 1. The lowest BCUT2D eigenvalue weighted by molar-refractivity contribution is -0.140. The molecule has 3 fully saturated rings. The Morgan fingerprint density at radius 2 is 1.31 bits per heavy atom. The zero-order valence-electron chi connectivity index (χ0n) is 27.9. The van der Waals surface area contributed by atoms with Crippen molar-refractivity contribution in [1.82, 2.24) is 20.2 Å². The molecule has 4 aromatic rings. The van der Waals surface area contributed by atoms with Crippen LogP contribution in [-0.2, 0) is 11.2 Å². The third kappa shape index (κ3) is 7.36. The van der Waals surface area contributed by atoms with E-state index in [0.717, 1.165) is 28.2 Å². The summed E-state index contributed by atoms with van der Waals surface area (Å²) in [6.07, 6.45) is 13.1. The summed E-state index contributed by atoms with van der Waals surface area (Å²) in [5.41, 5.74) is 7.19. The molecule has 7 heteroatoms. The van der Waals surface area contributed by atoms with Gasteiger partial charge in [-0.15, -0.1) is 0 Å². The molecule has 2 saturated carbocycles. The summed E-state index contributed by atoms with van der Waals surface area (Å²) in [5.74, 6) is 2.55. The number of carbonyl (C=O) groups excluding carboxylic acids is 2. The Bertz CT molecular complexity index is 1690. The molecular formula is C41H46N4O3. The lowest BCUT2D eigenvalue weighted by Crippen LogP contribution is -2.58. The van der Waals surface area contributed by atoms with Gasteiger partial charge in [0.25, 0.3) is 5.91 Å². The summed E-state index contributed by atoms with van der Waals surface area (Å²) in [5, 5.41) is 12.5. The first kappa shape index (κ1) is 32.2. The Hall–Kier alpha value is -4.36. The van der Waals surface area contributed by atoms with Gasteiger partial charge in [0, 0.05) is 61.1 Å². The van der Waals surface area contributed by atoms with Crippen LogP contribution >= 0.6 is 0 Å². The first-order valence-corrected chi connectivity index (χ1v) is 17.8. The normalized spacial score (nSPS) is 20.2. The number of amides is 2. The van der Waals surface area contributed by atoms with E-state index in [4.69, 9.17) is 0 Å². The van der Waals surface area contributed by atoms with Crippen LogP contribution in [-0.4, -0.2) is 57.5 Å². The highest BCUT2D eigenvalue weighted by Gasteiger charge is 2.35. The molecule has 1 aliphatic heterocycles. The number of aromatic nitrogens is 2. The van der Waals surface area contributed by atoms with Gasteiger partial charge in [-0.25, -0.2) is 9.97 Å². The largest absolute Gasteiger partial charge is 0.396 e. The first-order valence-electron chi connectivity index (χ1n) is 17.8. The summed E-state index contributed by atoms with van der Waals surface area (Å²) in [7, 11) is 0. The number of benzene rings is 3. The van der Waals surface area contributed by atoms with Crippen molar-refractivity contribution in [2.24, 2.45) is 11.8 Å². The predicted molar refractivity (Wildman–Crippen MR) is 188 cm³/mol. The Balaban J connectivity index is 0.996. The third-order valence-corrected chi connectivity index (χ3v) is 10.8. The molecule has 248 valence electrons. The lowest BCUT2D eigenvalue weighted by atomic mass is 9.78. The summed E-state index contributed by atoms with van der Waals surface area (Å²) < 4.78 is 0. The molecule has 0 radical (unpaired) electrons. The molecule has 2 aliphatic carbocycles. The van der Waals surface area contributed by atoms with Crippen LogP contribution in [0.15, 0.2) is 85.2 Å². The molecule has 3 aliphatic rings. The number of carbonyl (C=O) groups is 2. The van der Waals surface area contributed by atoms with Crippen LogP contribution in [0.4, 0.5) is 0 Å². The standard InChI is InChI=1S/C41H46N4O3/c1-2-27-3-7-30(8-4-27)31-13-15-34(16-14-31)37-22-42-39(43-23-37)35-9-5-28(6-10-35)21-38(41(48)45-24-29(25-45)26-46)44-40(47)36-19-17-33(18-20-36)32-11-12-32/h5-6,9-10,13-20,22-23,27,29-30,32,38,46H,2-4,7-8,11-12,21,24-26H2,1H3,(H,44,47)/t27?,30?,38-/m0/s1. The first-order chi connectivity index (χ1) is 23.5. The van der Waals surface area contributed by atoms with Crippen LogP contribution in [0.2, 0.25) is 0 Å². The SMILES string of the molecule is CCC1CCC(c2ccc(-c3cnc(-c4ccc(C[C@H](NC(=O)c5ccc(C6CC6)cc5)C(=O)N5CC(CO)C5)cc4)nc3)cc2)CC1. The van der Waals surface area contributed by atoms with E-state index in [1.165, 1.54) is 56.1 Å². The fourth-order valence-corrected chi connectivity index (χ4v) is 7.35. The van der Waals surface area contributed by atoms with E-state index in [-0.39, 0.29) is 24.3 Å². The minimum atomic E-state index is -0.709. The molecular weight excluding hydrogens is 596 g/mol. The zero-order chi connectivity index (χ0) is 33.0. The molecule has 2 N–H and O–H groups in total. The maximum Gasteiger partial charge on any atom is 0.251 e. The van der Waals surface area contributed by atoms with Gasteiger partial charge in [0.1, 0.15) is 6.04 Å². The lowest BCUT2D eigenvalue weighted by Gasteiger charge is -2.40. The van der Waals surface area contributed by atoms with Crippen molar-refractivity contribution in [3.05, 3.63) is 107 Å². The average molecular weight is 643 g/mol. The van der Waals surface area contributed by atoms with Crippen LogP contribution in [0.5, 0.6) is 0 Å². The van der Waals surface area contributed by atoms with Gasteiger partial charge in [0.05, 0.1) is 0 Å². The van der Waals surface area contributed by atoms with Crippen molar-refractivity contribution < 1.29 is 14.7 Å². The van der Waals surface area contributed by atoms with E-state index < -0.39 is 6.04 Å². The van der Waals surface area contributed by atoms with E-state index in [1.807, 2.05) is 60.9 Å². The topological polar surface area (TPSA) is 95.4 Å². The summed E-state index contributed by atoms with van der Waals surface area (Å²) in [4.78, 5) is 37.8. The van der Waals surface area contributed by atoms with E-state index in [2.05, 4.69) is 46.5 Å². The highest BCUT2D eigenvalue weighted by molar-refractivity contribution is 5.97. The Kier molecular flexibility index (Phi) is 9.66. The Morgan fingerprint density at radius 3 is 1.88 bits per heavy atom. The van der Waals surface area contributed by atoms with Crippen LogP contribution in [0.25, 0.3) is 22.5 Å². The molecule has 1 aromatic heterocycles. The van der Waals surface area contributed by atoms with E-state index in [9.17, 15) is 14.7 Å². The smallest absolute Gasteiger partial charge is 0.251 e. The molecule has 7 nitrogen and oxygen atoms in total. The number of nitrogens with one attached hydrogen (secondary N) is 1. The van der Waals surface area contributed by atoms with Crippen LogP contribution in [0.1, 0.15) is 90.8 Å². The molecule has 1 atom stereocenters. The molecule has 0 bridgehead atoms. The molecule has 7 rings (SSSR count). The van der Waals surface area contributed by atoms with E-state index in [0.29, 0.717) is 42.7 Å². The Morgan fingerprint density at radius 1 is 0.750 bits per heavy atom.